The molecule has 122 valence electrons. The van der Waals surface area contributed by atoms with Crippen LogP contribution in [0.2, 0.25) is 10.0 Å². The number of hydrogen-bond acceptors (Lipinski definition) is 4. The van der Waals surface area contributed by atoms with Gasteiger partial charge in [0.25, 0.3) is 0 Å². The van der Waals surface area contributed by atoms with E-state index in [0.717, 1.165) is 32.8 Å². The summed E-state index contributed by atoms with van der Waals surface area (Å²) in [4.78, 5) is 14.1. The van der Waals surface area contributed by atoms with Crippen LogP contribution in [0, 0.1) is 0 Å². The lowest BCUT2D eigenvalue weighted by molar-refractivity contribution is -0.120. The lowest BCUT2D eigenvalue weighted by Crippen LogP contribution is -2.41. The molecule has 7 heteroatoms. The Morgan fingerprint density at radius 2 is 1.86 bits per heavy atom. The lowest BCUT2D eigenvalue weighted by Gasteiger charge is -2.26. The van der Waals surface area contributed by atoms with Crippen molar-refractivity contribution in [3.63, 3.8) is 0 Å². The van der Waals surface area contributed by atoms with Gasteiger partial charge >= 0.3 is 0 Å². The van der Waals surface area contributed by atoms with Crippen LogP contribution in [-0.2, 0) is 9.53 Å². The van der Waals surface area contributed by atoms with Gasteiger partial charge in [-0.1, -0.05) is 29.3 Å². The zero-order valence-electron chi connectivity index (χ0n) is 12.4. The van der Waals surface area contributed by atoms with Gasteiger partial charge in [0, 0.05) is 39.1 Å². The molecule has 1 saturated heterocycles. The number of carbonyl (C=O) groups is 1. The summed E-state index contributed by atoms with van der Waals surface area (Å²) in [5.41, 5.74) is 0.673. The van der Waals surface area contributed by atoms with Crippen molar-refractivity contribution in [2.24, 2.45) is 0 Å². The van der Waals surface area contributed by atoms with E-state index in [9.17, 15) is 4.79 Å². The van der Waals surface area contributed by atoms with Gasteiger partial charge in [-0.25, -0.2) is 0 Å². The number of nitrogens with one attached hydrogen (secondary N) is 2. The third kappa shape index (κ3) is 5.65. The number of carbonyl (C=O) groups excluding carboxylic acids is 1. The van der Waals surface area contributed by atoms with Gasteiger partial charge in [-0.05, 0) is 12.1 Å². The molecule has 0 saturated carbocycles. The second-order valence-corrected chi connectivity index (χ2v) is 5.89. The van der Waals surface area contributed by atoms with Crippen LogP contribution in [-0.4, -0.2) is 56.7 Å². The van der Waals surface area contributed by atoms with Crippen LogP contribution < -0.4 is 10.6 Å². The minimum absolute atomic E-state index is 0.0175. The lowest BCUT2D eigenvalue weighted by atomic mass is 10.3. The normalized spacial score (nSPS) is 15.5. The first kappa shape index (κ1) is 17.3. The van der Waals surface area contributed by atoms with Crippen molar-refractivity contribution in [3.05, 3.63) is 28.2 Å². The maximum absolute atomic E-state index is 11.8. The summed E-state index contributed by atoms with van der Waals surface area (Å²) < 4.78 is 5.28. The second kappa shape index (κ2) is 9.20. The van der Waals surface area contributed by atoms with Crippen molar-refractivity contribution in [3.8, 4) is 0 Å². The van der Waals surface area contributed by atoms with E-state index < -0.39 is 0 Å². The van der Waals surface area contributed by atoms with Crippen molar-refractivity contribution in [1.29, 1.82) is 0 Å². The number of benzene rings is 1. The van der Waals surface area contributed by atoms with E-state index in [0.29, 0.717) is 35.2 Å². The van der Waals surface area contributed by atoms with Crippen molar-refractivity contribution in [1.82, 2.24) is 10.2 Å². The van der Waals surface area contributed by atoms with Crippen LogP contribution in [0.25, 0.3) is 0 Å². The van der Waals surface area contributed by atoms with E-state index in [-0.39, 0.29) is 5.91 Å². The Hall–Kier alpha value is -1.01. The minimum Gasteiger partial charge on any atom is -0.382 e. The maximum atomic E-state index is 11.8. The average Bonchev–Trinajstić information content (AvgIpc) is 2.51. The summed E-state index contributed by atoms with van der Waals surface area (Å²) >= 11 is 12.1. The smallest absolute Gasteiger partial charge is 0.221 e. The Morgan fingerprint density at radius 3 is 2.55 bits per heavy atom. The van der Waals surface area contributed by atoms with Crippen LogP contribution in [0.4, 0.5) is 5.69 Å². The monoisotopic (exact) mass is 345 g/mol. The van der Waals surface area contributed by atoms with Gasteiger partial charge in [-0.15, -0.1) is 0 Å². The molecule has 1 amide bonds. The van der Waals surface area contributed by atoms with Crippen LogP contribution in [0.5, 0.6) is 0 Å². The van der Waals surface area contributed by atoms with E-state index in [2.05, 4.69) is 15.5 Å². The molecule has 0 atom stereocenters. The van der Waals surface area contributed by atoms with Gasteiger partial charge in [0.1, 0.15) is 0 Å². The molecule has 0 spiro atoms. The number of morpholine rings is 1. The Balaban J connectivity index is 1.61. The number of ether oxygens (including phenoxy) is 1. The van der Waals surface area contributed by atoms with E-state index in [1.165, 1.54) is 0 Å². The highest BCUT2D eigenvalue weighted by Gasteiger charge is 2.10. The number of hydrogen-bond donors (Lipinski definition) is 2. The summed E-state index contributed by atoms with van der Waals surface area (Å²) in [6, 6.07) is 5.31. The minimum atomic E-state index is 0.0175. The molecular formula is C15H21Cl2N3O2. The molecule has 0 aliphatic carbocycles. The Bertz CT molecular complexity index is 473. The van der Waals surface area contributed by atoms with Crippen molar-refractivity contribution in [2.45, 2.75) is 6.42 Å². The molecule has 1 aromatic carbocycles. The van der Waals surface area contributed by atoms with Gasteiger partial charge < -0.3 is 15.4 Å². The third-order valence-electron chi connectivity index (χ3n) is 3.47. The fraction of sp³-hybridized carbons (Fsp3) is 0.533. The molecule has 1 aromatic rings. The largest absolute Gasteiger partial charge is 0.382 e. The van der Waals surface area contributed by atoms with E-state index in [1.807, 2.05) is 0 Å². The van der Waals surface area contributed by atoms with Crippen LogP contribution in [0.15, 0.2) is 18.2 Å². The molecule has 0 radical (unpaired) electrons. The predicted molar refractivity (Wildman–Crippen MR) is 89.8 cm³/mol. The number of amides is 1. The third-order valence-corrected chi connectivity index (χ3v) is 4.10. The first-order valence-electron chi connectivity index (χ1n) is 7.41. The standard InChI is InChI=1S/C15H21Cl2N3O2/c16-12-2-1-3-13(17)15(12)19-5-4-14(21)18-6-7-20-8-10-22-11-9-20/h1-3,19H,4-11H2,(H,18,21). The van der Waals surface area contributed by atoms with Crippen LogP contribution in [0.1, 0.15) is 6.42 Å². The first-order chi connectivity index (χ1) is 10.7. The molecule has 1 heterocycles. The highest BCUT2D eigenvalue weighted by Crippen LogP contribution is 2.29. The van der Waals surface area contributed by atoms with Crippen molar-refractivity contribution in [2.75, 3.05) is 51.3 Å². The zero-order chi connectivity index (χ0) is 15.8. The van der Waals surface area contributed by atoms with Gasteiger partial charge in [-0.3, -0.25) is 9.69 Å². The summed E-state index contributed by atoms with van der Waals surface area (Å²) in [5.74, 6) is 0.0175. The Kier molecular flexibility index (Phi) is 7.25. The molecule has 1 fully saturated rings. The van der Waals surface area contributed by atoms with Gasteiger partial charge in [0.15, 0.2) is 0 Å². The van der Waals surface area contributed by atoms with E-state index >= 15 is 0 Å². The van der Waals surface area contributed by atoms with Gasteiger partial charge in [0.2, 0.25) is 5.91 Å². The molecule has 22 heavy (non-hydrogen) atoms. The molecule has 0 aromatic heterocycles. The number of nitrogens with zero attached hydrogens (tertiary/aromatic N) is 1. The fourth-order valence-corrected chi connectivity index (χ4v) is 2.77. The molecule has 2 N–H and O–H groups in total. The molecule has 1 aliphatic rings. The summed E-state index contributed by atoms with van der Waals surface area (Å²) in [6.07, 6.45) is 0.380. The second-order valence-electron chi connectivity index (χ2n) is 5.08. The maximum Gasteiger partial charge on any atom is 0.221 e. The van der Waals surface area contributed by atoms with Crippen molar-refractivity contribution < 1.29 is 9.53 Å². The predicted octanol–water partition coefficient (Wildman–Crippen LogP) is 2.24. The highest BCUT2D eigenvalue weighted by molar-refractivity contribution is 6.39. The summed E-state index contributed by atoms with van der Waals surface area (Å²) in [6.45, 7) is 5.43. The molecule has 0 bridgehead atoms. The van der Waals surface area contributed by atoms with Crippen molar-refractivity contribution >= 4 is 34.8 Å². The summed E-state index contributed by atoms with van der Waals surface area (Å²) in [5, 5.41) is 7.13. The Morgan fingerprint density at radius 1 is 1.18 bits per heavy atom. The van der Waals surface area contributed by atoms with E-state index in [4.69, 9.17) is 27.9 Å². The van der Waals surface area contributed by atoms with Gasteiger partial charge in [-0.2, -0.15) is 0 Å². The summed E-state index contributed by atoms with van der Waals surface area (Å²) in [7, 11) is 0. The van der Waals surface area contributed by atoms with E-state index in [1.54, 1.807) is 18.2 Å². The molecule has 1 aliphatic heterocycles. The highest BCUT2D eigenvalue weighted by atomic mass is 35.5. The van der Waals surface area contributed by atoms with Crippen LogP contribution in [0.3, 0.4) is 0 Å². The Labute approximate surface area is 140 Å². The number of para-hydroxylation sites is 1. The van der Waals surface area contributed by atoms with Gasteiger partial charge in [0.05, 0.1) is 28.9 Å². The van der Waals surface area contributed by atoms with Crippen LogP contribution >= 0.6 is 23.2 Å². The zero-order valence-corrected chi connectivity index (χ0v) is 13.9. The number of halogens is 2. The first-order valence-corrected chi connectivity index (χ1v) is 8.17. The quantitative estimate of drug-likeness (QED) is 0.795. The SMILES string of the molecule is O=C(CCNc1c(Cl)cccc1Cl)NCCN1CCOCC1. The average molecular weight is 346 g/mol. The molecule has 5 nitrogen and oxygen atoms in total. The molecule has 0 unspecified atom stereocenters. The molecular weight excluding hydrogens is 325 g/mol. The number of rotatable bonds is 7. The fourth-order valence-electron chi connectivity index (χ4n) is 2.23. The molecule has 2 rings (SSSR count). The topological polar surface area (TPSA) is 53.6 Å². The number of anilines is 1.